The highest BCUT2D eigenvalue weighted by atomic mass is 16.2. The minimum absolute atomic E-state index is 0.130. The van der Waals surface area contributed by atoms with Crippen molar-refractivity contribution in [1.82, 2.24) is 14.8 Å². The third kappa shape index (κ3) is 4.07. The van der Waals surface area contributed by atoms with Gasteiger partial charge in [0, 0.05) is 50.3 Å². The second-order valence-electron chi connectivity index (χ2n) is 7.57. The molecule has 0 bridgehead atoms. The summed E-state index contributed by atoms with van der Waals surface area (Å²) in [5, 5.41) is 0. The smallest absolute Gasteiger partial charge is 0.241 e. The molecule has 6 heteroatoms. The number of amides is 2. The van der Waals surface area contributed by atoms with Gasteiger partial charge >= 0.3 is 0 Å². The molecular weight excluding hydrogens is 352 g/mol. The first-order chi connectivity index (χ1) is 13.6. The fourth-order valence-corrected chi connectivity index (χ4v) is 3.92. The van der Waals surface area contributed by atoms with Crippen molar-refractivity contribution in [2.45, 2.75) is 19.8 Å². The first-order valence-electron chi connectivity index (χ1n) is 9.90. The highest BCUT2D eigenvalue weighted by molar-refractivity contribution is 5.96. The number of nitrogens with zero attached hydrogens (tertiary/aromatic N) is 4. The summed E-state index contributed by atoms with van der Waals surface area (Å²) in [5.74, 6) is 0.278. The molecule has 0 saturated carbocycles. The van der Waals surface area contributed by atoms with Crippen LogP contribution in [0.3, 0.4) is 0 Å². The Morgan fingerprint density at radius 3 is 2.50 bits per heavy atom. The molecule has 1 fully saturated rings. The molecule has 0 radical (unpaired) electrons. The van der Waals surface area contributed by atoms with Gasteiger partial charge in [-0.15, -0.1) is 0 Å². The number of hydrogen-bond acceptors (Lipinski definition) is 4. The molecule has 0 aliphatic carbocycles. The van der Waals surface area contributed by atoms with Crippen LogP contribution < -0.4 is 4.90 Å². The van der Waals surface area contributed by atoms with Gasteiger partial charge in [0.2, 0.25) is 11.8 Å². The van der Waals surface area contributed by atoms with Gasteiger partial charge in [-0.3, -0.25) is 19.5 Å². The molecule has 3 heterocycles. The summed E-state index contributed by atoms with van der Waals surface area (Å²) >= 11 is 0. The normalized spacial score (nSPS) is 16.9. The van der Waals surface area contributed by atoms with Gasteiger partial charge in [0.15, 0.2) is 0 Å². The third-order valence-corrected chi connectivity index (χ3v) is 5.60. The summed E-state index contributed by atoms with van der Waals surface area (Å²) in [7, 11) is 0. The number of piperazine rings is 1. The van der Waals surface area contributed by atoms with Crippen molar-refractivity contribution >= 4 is 17.5 Å². The standard InChI is InChI=1S/C22H26N4O2/c1-17-6-7-18(15-23-17)14-21(27)25-12-10-24(11-13-25)16-22(28)26-9-8-19-4-2-3-5-20(19)26/h2-7,15H,8-14,16H2,1H3. The molecule has 1 aromatic carbocycles. The molecule has 146 valence electrons. The van der Waals surface area contributed by atoms with Gasteiger partial charge in [-0.25, -0.2) is 0 Å². The summed E-state index contributed by atoms with van der Waals surface area (Å²) in [5.41, 5.74) is 4.20. The number of pyridine rings is 1. The molecule has 2 amide bonds. The van der Waals surface area contributed by atoms with Crippen LogP contribution in [0.1, 0.15) is 16.8 Å². The predicted molar refractivity (Wildman–Crippen MR) is 108 cm³/mol. The zero-order valence-corrected chi connectivity index (χ0v) is 16.3. The van der Waals surface area contributed by atoms with E-state index < -0.39 is 0 Å². The van der Waals surface area contributed by atoms with Gasteiger partial charge in [0.05, 0.1) is 13.0 Å². The van der Waals surface area contributed by atoms with Crippen LogP contribution in [-0.4, -0.2) is 65.9 Å². The Hall–Kier alpha value is -2.73. The highest BCUT2D eigenvalue weighted by Crippen LogP contribution is 2.27. The SMILES string of the molecule is Cc1ccc(CC(=O)N2CCN(CC(=O)N3CCc4ccccc43)CC2)cn1. The molecule has 6 nitrogen and oxygen atoms in total. The Labute approximate surface area is 165 Å². The molecule has 0 atom stereocenters. The second-order valence-corrected chi connectivity index (χ2v) is 7.57. The number of rotatable bonds is 4. The van der Waals surface area contributed by atoms with Crippen LogP contribution >= 0.6 is 0 Å². The monoisotopic (exact) mass is 378 g/mol. The lowest BCUT2D eigenvalue weighted by atomic mass is 10.1. The number of fused-ring (bicyclic) bond motifs is 1. The van der Waals surface area contributed by atoms with Gasteiger partial charge < -0.3 is 9.80 Å². The van der Waals surface area contributed by atoms with Gasteiger partial charge in [0.25, 0.3) is 0 Å². The van der Waals surface area contributed by atoms with Crippen molar-refractivity contribution in [2.24, 2.45) is 0 Å². The average Bonchev–Trinajstić information content (AvgIpc) is 3.14. The van der Waals surface area contributed by atoms with Crippen LogP contribution in [0.25, 0.3) is 0 Å². The van der Waals surface area contributed by atoms with Crippen LogP contribution in [-0.2, 0) is 22.4 Å². The van der Waals surface area contributed by atoms with Crippen molar-refractivity contribution in [3.05, 3.63) is 59.4 Å². The number of carbonyl (C=O) groups is 2. The van der Waals surface area contributed by atoms with Crippen molar-refractivity contribution < 1.29 is 9.59 Å². The lowest BCUT2D eigenvalue weighted by Gasteiger charge is -2.35. The van der Waals surface area contributed by atoms with Crippen LogP contribution in [0.5, 0.6) is 0 Å². The number of aryl methyl sites for hydroxylation is 1. The molecule has 28 heavy (non-hydrogen) atoms. The maximum Gasteiger partial charge on any atom is 0.241 e. The van der Waals surface area contributed by atoms with E-state index in [0.717, 1.165) is 43.0 Å². The lowest BCUT2D eigenvalue weighted by Crippen LogP contribution is -2.51. The topological polar surface area (TPSA) is 56.8 Å². The van der Waals surface area contributed by atoms with E-state index in [9.17, 15) is 9.59 Å². The van der Waals surface area contributed by atoms with E-state index in [-0.39, 0.29) is 11.8 Å². The van der Waals surface area contributed by atoms with Crippen LogP contribution in [0.4, 0.5) is 5.69 Å². The van der Waals surface area contributed by atoms with Crippen LogP contribution in [0, 0.1) is 6.92 Å². The van der Waals surface area contributed by atoms with E-state index in [1.54, 1.807) is 6.20 Å². The number of carbonyl (C=O) groups excluding carboxylic acids is 2. The van der Waals surface area contributed by atoms with E-state index in [2.05, 4.69) is 16.0 Å². The molecule has 0 N–H and O–H groups in total. The maximum atomic E-state index is 12.8. The van der Waals surface area contributed by atoms with Gasteiger partial charge in [-0.2, -0.15) is 0 Å². The van der Waals surface area contributed by atoms with Gasteiger partial charge in [-0.1, -0.05) is 24.3 Å². The second kappa shape index (κ2) is 8.10. The summed E-state index contributed by atoms with van der Waals surface area (Å²) in [6.45, 7) is 5.93. The predicted octanol–water partition coefficient (Wildman–Crippen LogP) is 1.67. The summed E-state index contributed by atoms with van der Waals surface area (Å²) in [6, 6.07) is 12.0. The number of benzene rings is 1. The fraction of sp³-hybridized carbons (Fsp3) is 0.409. The summed E-state index contributed by atoms with van der Waals surface area (Å²) in [6.07, 6.45) is 3.09. The van der Waals surface area contributed by atoms with Crippen LogP contribution in [0.15, 0.2) is 42.6 Å². The zero-order valence-electron chi connectivity index (χ0n) is 16.3. The van der Waals surface area contributed by atoms with E-state index in [0.29, 0.717) is 26.1 Å². The molecule has 0 spiro atoms. The van der Waals surface area contributed by atoms with Crippen molar-refractivity contribution in [1.29, 1.82) is 0 Å². The molecule has 2 aromatic rings. The molecule has 0 unspecified atom stereocenters. The molecule has 1 saturated heterocycles. The Morgan fingerprint density at radius 2 is 1.75 bits per heavy atom. The number of aromatic nitrogens is 1. The van der Waals surface area contributed by atoms with Gasteiger partial charge in [-0.05, 0) is 36.6 Å². The molecule has 4 rings (SSSR count). The first kappa shape index (κ1) is 18.6. The zero-order chi connectivity index (χ0) is 19.5. The van der Waals surface area contributed by atoms with Gasteiger partial charge in [0.1, 0.15) is 0 Å². The van der Waals surface area contributed by atoms with Crippen molar-refractivity contribution in [2.75, 3.05) is 44.2 Å². The Morgan fingerprint density at radius 1 is 0.964 bits per heavy atom. The number of para-hydroxylation sites is 1. The minimum Gasteiger partial charge on any atom is -0.340 e. The Bertz CT molecular complexity index is 857. The lowest BCUT2D eigenvalue weighted by molar-refractivity contribution is -0.132. The average molecular weight is 378 g/mol. The Kier molecular flexibility index (Phi) is 5.39. The van der Waals surface area contributed by atoms with E-state index >= 15 is 0 Å². The summed E-state index contributed by atoms with van der Waals surface area (Å²) < 4.78 is 0. The molecule has 2 aliphatic rings. The van der Waals surface area contributed by atoms with E-state index in [1.807, 2.05) is 47.1 Å². The maximum absolute atomic E-state index is 12.8. The molecular formula is C22H26N4O2. The third-order valence-electron chi connectivity index (χ3n) is 5.60. The Balaban J connectivity index is 1.27. The molecule has 2 aliphatic heterocycles. The van der Waals surface area contributed by atoms with E-state index in [4.69, 9.17) is 0 Å². The summed E-state index contributed by atoms with van der Waals surface area (Å²) in [4.78, 5) is 35.5. The number of anilines is 1. The minimum atomic E-state index is 0.130. The van der Waals surface area contributed by atoms with Crippen molar-refractivity contribution in [3.63, 3.8) is 0 Å². The molecule has 1 aromatic heterocycles. The van der Waals surface area contributed by atoms with Crippen LogP contribution in [0.2, 0.25) is 0 Å². The van der Waals surface area contributed by atoms with Crippen molar-refractivity contribution in [3.8, 4) is 0 Å². The highest BCUT2D eigenvalue weighted by Gasteiger charge is 2.27. The number of hydrogen-bond donors (Lipinski definition) is 0. The quantitative estimate of drug-likeness (QED) is 0.812. The first-order valence-corrected chi connectivity index (χ1v) is 9.90. The fourth-order valence-electron chi connectivity index (χ4n) is 3.92. The largest absolute Gasteiger partial charge is 0.340 e. The van der Waals surface area contributed by atoms with E-state index in [1.165, 1.54) is 5.56 Å².